The molecule has 4 rings (SSSR count). The molecule has 0 aliphatic heterocycles. The van der Waals surface area contributed by atoms with Gasteiger partial charge in [-0.1, -0.05) is 43.6 Å². The van der Waals surface area contributed by atoms with Crippen molar-refractivity contribution in [2.45, 2.75) is 26.7 Å². The molecule has 0 radical (unpaired) electrons. The molecule has 8 heteroatoms. The van der Waals surface area contributed by atoms with Gasteiger partial charge in [0, 0.05) is 22.8 Å². The van der Waals surface area contributed by atoms with E-state index in [4.69, 9.17) is 11.6 Å². The molecule has 158 valence electrons. The summed E-state index contributed by atoms with van der Waals surface area (Å²) in [4.78, 5) is 42.6. The van der Waals surface area contributed by atoms with Crippen LogP contribution in [-0.2, 0) is 6.42 Å². The summed E-state index contributed by atoms with van der Waals surface area (Å²) in [5, 5.41) is 5.80. The number of ketones is 1. The number of halogens is 1. The second kappa shape index (κ2) is 8.00. The maximum absolute atomic E-state index is 13.1. The van der Waals surface area contributed by atoms with Crippen LogP contribution in [0.1, 0.15) is 36.3 Å². The van der Waals surface area contributed by atoms with E-state index in [2.05, 4.69) is 15.6 Å². The van der Waals surface area contributed by atoms with Gasteiger partial charge in [-0.05, 0) is 48.2 Å². The highest BCUT2D eigenvalue weighted by molar-refractivity contribution is 6.30. The van der Waals surface area contributed by atoms with Crippen LogP contribution in [0.4, 0.5) is 16.3 Å². The number of rotatable bonds is 3. The lowest BCUT2D eigenvalue weighted by molar-refractivity contribution is 0.0909. The van der Waals surface area contributed by atoms with Crippen LogP contribution in [0.2, 0.25) is 5.02 Å². The van der Waals surface area contributed by atoms with Gasteiger partial charge in [0.15, 0.2) is 11.6 Å². The lowest BCUT2D eigenvalue weighted by Gasteiger charge is -2.32. The molecule has 7 nitrogen and oxygen atoms in total. The smallest absolute Gasteiger partial charge is 0.308 e. The minimum atomic E-state index is -0.582. The van der Waals surface area contributed by atoms with Gasteiger partial charge in [0.1, 0.15) is 0 Å². The number of carbonyl (C=O) groups excluding carboxylic acids is 2. The first-order valence-corrected chi connectivity index (χ1v) is 10.2. The van der Waals surface area contributed by atoms with Crippen molar-refractivity contribution in [1.82, 2.24) is 9.55 Å². The molecule has 0 bridgehead atoms. The molecule has 0 spiro atoms. The van der Waals surface area contributed by atoms with Crippen LogP contribution >= 0.6 is 11.6 Å². The zero-order chi connectivity index (χ0) is 22.2. The van der Waals surface area contributed by atoms with Crippen molar-refractivity contribution < 1.29 is 9.59 Å². The first-order valence-electron chi connectivity index (χ1n) is 9.82. The molecule has 2 amide bonds. The van der Waals surface area contributed by atoms with Gasteiger partial charge in [-0.3, -0.25) is 14.7 Å². The standard InChI is InChI=1S/C23H21ClN4O3/c1-23(2)12-17-19(18(29)13-23)20(26-21(30)25-15-6-4-3-5-7-15)27-22(31)28(17)16-10-8-14(24)9-11-16/h3-11H,12-13H2,1-2H3,(H2,25,26,27,30,31). The van der Waals surface area contributed by atoms with Crippen LogP contribution in [0.5, 0.6) is 0 Å². The predicted molar refractivity (Wildman–Crippen MR) is 120 cm³/mol. The molecule has 31 heavy (non-hydrogen) atoms. The number of amides is 2. The quantitative estimate of drug-likeness (QED) is 0.623. The average molecular weight is 437 g/mol. The van der Waals surface area contributed by atoms with E-state index < -0.39 is 11.7 Å². The molecular formula is C23H21ClN4O3. The van der Waals surface area contributed by atoms with E-state index in [1.54, 1.807) is 48.5 Å². The minimum absolute atomic E-state index is 0.0286. The third-order valence-corrected chi connectivity index (χ3v) is 5.36. The first kappa shape index (κ1) is 20.8. The third-order valence-electron chi connectivity index (χ3n) is 5.11. The summed E-state index contributed by atoms with van der Waals surface area (Å²) in [6.07, 6.45) is 0.763. The number of aromatic nitrogens is 2. The number of urea groups is 1. The SMILES string of the molecule is CC1(C)CC(=O)c2c(NC(=O)Nc3ccccc3)nc(=O)n(-c3ccc(Cl)cc3)c2C1. The summed E-state index contributed by atoms with van der Waals surface area (Å²) in [5.41, 5.74) is 1.01. The van der Waals surface area contributed by atoms with Crippen molar-refractivity contribution in [2.75, 3.05) is 10.6 Å². The number of carbonyl (C=O) groups is 2. The number of nitrogens with zero attached hydrogens (tertiary/aromatic N) is 2. The number of para-hydroxylation sites is 1. The van der Waals surface area contributed by atoms with Crippen molar-refractivity contribution >= 4 is 34.9 Å². The molecule has 1 aromatic heterocycles. The topological polar surface area (TPSA) is 93.1 Å². The lowest BCUT2D eigenvalue weighted by Crippen LogP contribution is -2.37. The molecule has 1 aliphatic carbocycles. The molecular weight excluding hydrogens is 416 g/mol. The van der Waals surface area contributed by atoms with E-state index in [9.17, 15) is 14.4 Å². The van der Waals surface area contributed by atoms with E-state index >= 15 is 0 Å². The Morgan fingerprint density at radius 3 is 2.35 bits per heavy atom. The molecule has 0 unspecified atom stereocenters. The Bertz CT molecular complexity index is 1220. The Kier molecular flexibility index (Phi) is 5.37. The van der Waals surface area contributed by atoms with Crippen molar-refractivity contribution in [1.29, 1.82) is 0 Å². The van der Waals surface area contributed by atoms with E-state index in [0.717, 1.165) is 0 Å². The van der Waals surface area contributed by atoms with E-state index in [-0.39, 0.29) is 29.0 Å². The highest BCUT2D eigenvalue weighted by Crippen LogP contribution is 2.37. The predicted octanol–water partition coefficient (Wildman–Crippen LogP) is 4.69. The largest absolute Gasteiger partial charge is 0.354 e. The molecule has 2 N–H and O–H groups in total. The number of hydrogen-bond donors (Lipinski definition) is 2. The van der Waals surface area contributed by atoms with Gasteiger partial charge in [0.2, 0.25) is 0 Å². The van der Waals surface area contributed by atoms with Gasteiger partial charge in [0.05, 0.1) is 11.3 Å². The summed E-state index contributed by atoms with van der Waals surface area (Å²) < 4.78 is 1.42. The second-order valence-electron chi connectivity index (χ2n) is 8.26. The Morgan fingerprint density at radius 2 is 1.68 bits per heavy atom. The maximum atomic E-state index is 13.1. The monoisotopic (exact) mass is 436 g/mol. The third kappa shape index (κ3) is 4.36. The Morgan fingerprint density at radius 1 is 1.00 bits per heavy atom. The van der Waals surface area contributed by atoms with Crippen LogP contribution in [0.15, 0.2) is 59.4 Å². The molecule has 3 aromatic rings. The molecule has 0 atom stereocenters. The van der Waals surface area contributed by atoms with Gasteiger partial charge in [-0.2, -0.15) is 4.98 Å². The van der Waals surface area contributed by atoms with Gasteiger partial charge < -0.3 is 5.32 Å². The fraction of sp³-hybridized carbons (Fsp3) is 0.217. The zero-order valence-corrected chi connectivity index (χ0v) is 17.9. The summed E-state index contributed by atoms with van der Waals surface area (Å²) in [7, 11) is 0. The number of nitrogens with one attached hydrogen (secondary N) is 2. The molecule has 0 saturated heterocycles. The van der Waals surface area contributed by atoms with E-state index in [1.165, 1.54) is 4.57 Å². The average Bonchev–Trinajstić information content (AvgIpc) is 2.68. The molecule has 2 aromatic carbocycles. The van der Waals surface area contributed by atoms with E-state index in [1.807, 2.05) is 19.9 Å². The Hall–Kier alpha value is -3.45. The highest BCUT2D eigenvalue weighted by Gasteiger charge is 2.36. The van der Waals surface area contributed by atoms with Crippen LogP contribution in [0.3, 0.4) is 0 Å². The highest BCUT2D eigenvalue weighted by atomic mass is 35.5. The Labute approximate surface area is 184 Å². The number of Topliss-reactive ketones (excluding diaryl/α,β-unsaturated/α-hetero) is 1. The second-order valence-corrected chi connectivity index (χ2v) is 8.70. The van der Waals surface area contributed by atoms with Crippen LogP contribution < -0.4 is 16.3 Å². The van der Waals surface area contributed by atoms with Crippen molar-refractivity contribution in [3.8, 4) is 5.69 Å². The lowest BCUT2D eigenvalue weighted by atomic mass is 9.75. The number of anilines is 2. The molecule has 0 saturated carbocycles. The van der Waals surface area contributed by atoms with Crippen molar-refractivity contribution in [3.05, 3.63) is 81.4 Å². The van der Waals surface area contributed by atoms with Gasteiger partial charge in [-0.25, -0.2) is 9.59 Å². The molecule has 1 aliphatic rings. The summed E-state index contributed by atoms with van der Waals surface area (Å²) in [6.45, 7) is 3.94. The normalized spacial score (nSPS) is 14.6. The van der Waals surface area contributed by atoms with Gasteiger partial charge in [0.25, 0.3) is 0 Å². The summed E-state index contributed by atoms with van der Waals surface area (Å²) in [6, 6.07) is 15.0. The van der Waals surface area contributed by atoms with Crippen LogP contribution in [0.25, 0.3) is 5.69 Å². The van der Waals surface area contributed by atoms with E-state index in [0.29, 0.717) is 28.5 Å². The number of hydrogen-bond acceptors (Lipinski definition) is 4. The van der Waals surface area contributed by atoms with Crippen LogP contribution in [-0.4, -0.2) is 21.4 Å². The van der Waals surface area contributed by atoms with Crippen molar-refractivity contribution in [3.63, 3.8) is 0 Å². The number of fused-ring (bicyclic) bond motifs is 1. The fourth-order valence-electron chi connectivity index (χ4n) is 3.80. The number of benzene rings is 2. The van der Waals surface area contributed by atoms with Crippen molar-refractivity contribution in [2.24, 2.45) is 5.41 Å². The van der Waals surface area contributed by atoms with Crippen LogP contribution in [0, 0.1) is 5.41 Å². The van der Waals surface area contributed by atoms with Gasteiger partial charge in [-0.15, -0.1) is 0 Å². The summed E-state index contributed by atoms with van der Waals surface area (Å²) >= 11 is 5.99. The summed E-state index contributed by atoms with van der Waals surface area (Å²) in [5.74, 6) is -0.199. The van der Waals surface area contributed by atoms with Gasteiger partial charge >= 0.3 is 11.7 Å². The maximum Gasteiger partial charge on any atom is 0.354 e. The zero-order valence-electron chi connectivity index (χ0n) is 17.1. The fourth-order valence-corrected chi connectivity index (χ4v) is 3.93. The Balaban J connectivity index is 1.80. The molecule has 1 heterocycles. The molecule has 0 fully saturated rings. The first-order chi connectivity index (χ1) is 14.7. The minimum Gasteiger partial charge on any atom is -0.308 e.